The number of rotatable bonds is 7. The summed E-state index contributed by atoms with van der Waals surface area (Å²) in [6, 6.07) is 17.9. The highest BCUT2D eigenvalue weighted by molar-refractivity contribution is 6.31. The summed E-state index contributed by atoms with van der Waals surface area (Å²) in [5.74, 6) is 0.0333. The molecule has 7 nitrogen and oxygen atoms in total. The van der Waals surface area contributed by atoms with Gasteiger partial charge in [-0.2, -0.15) is 5.10 Å². The highest BCUT2D eigenvalue weighted by Crippen LogP contribution is 2.28. The maximum atomic E-state index is 13.9. The van der Waals surface area contributed by atoms with E-state index < -0.39 is 0 Å². The Morgan fingerprint density at radius 2 is 1.76 bits per heavy atom. The van der Waals surface area contributed by atoms with Gasteiger partial charge in [0.1, 0.15) is 5.69 Å². The van der Waals surface area contributed by atoms with Crippen LogP contribution in [0.2, 0.25) is 5.02 Å². The van der Waals surface area contributed by atoms with Crippen LogP contribution < -0.4 is 4.90 Å². The number of aryl methyl sites for hydroxylation is 1. The molecule has 3 aromatic rings. The number of carbonyl (C=O) groups is 2. The molecule has 0 N–H and O–H groups in total. The Bertz CT molecular complexity index is 1210. The van der Waals surface area contributed by atoms with Crippen molar-refractivity contribution in [2.75, 3.05) is 31.1 Å². The predicted molar refractivity (Wildman–Crippen MR) is 152 cm³/mol. The first kappa shape index (κ1) is 27.9. The summed E-state index contributed by atoms with van der Waals surface area (Å²) < 4.78 is 1.79. The molecule has 0 aliphatic carbocycles. The summed E-state index contributed by atoms with van der Waals surface area (Å²) in [6.45, 7) is 8.67. The zero-order valence-electron chi connectivity index (χ0n) is 22.5. The van der Waals surface area contributed by atoms with E-state index in [2.05, 4.69) is 41.2 Å². The number of amides is 2. The van der Waals surface area contributed by atoms with Gasteiger partial charge in [-0.25, -0.2) is 0 Å². The van der Waals surface area contributed by atoms with E-state index in [1.165, 1.54) is 5.56 Å². The SMILES string of the molecule is CCCC(=O)N1CCCN(Cc2ccccc2)CCN(C(=O)c2ccnn2CCC)Cc2ccc(Cl)cc21. The molecule has 0 unspecified atom stereocenters. The summed E-state index contributed by atoms with van der Waals surface area (Å²) >= 11 is 6.43. The number of benzene rings is 2. The Hall–Kier alpha value is -3.16. The molecular weight excluding hydrogens is 498 g/mol. The molecule has 0 spiro atoms. The van der Waals surface area contributed by atoms with Crippen LogP contribution in [0, 0.1) is 0 Å². The summed E-state index contributed by atoms with van der Waals surface area (Å²) in [5, 5.41) is 4.96. The van der Waals surface area contributed by atoms with E-state index in [0.717, 1.165) is 50.1 Å². The van der Waals surface area contributed by atoms with Gasteiger partial charge in [-0.1, -0.05) is 61.8 Å². The van der Waals surface area contributed by atoms with Crippen molar-refractivity contribution in [1.82, 2.24) is 19.6 Å². The maximum absolute atomic E-state index is 13.9. The van der Waals surface area contributed by atoms with Gasteiger partial charge in [0, 0.05) is 63.5 Å². The Morgan fingerprint density at radius 3 is 2.53 bits per heavy atom. The Balaban J connectivity index is 1.70. The minimum atomic E-state index is -0.0535. The molecule has 8 heteroatoms. The van der Waals surface area contributed by atoms with Crippen LogP contribution in [0.1, 0.15) is 61.1 Å². The zero-order chi connectivity index (χ0) is 26.9. The van der Waals surface area contributed by atoms with Crippen molar-refractivity contribution < 1.29 is 9.59 Å². The summed E-state index contributed by atoms with van der Waals surface area (Å²) in [7, 11) is 0. The van der Waals surface area contributed by atoms with Gasteiger partial charge in [0.25, 0.3) is 5.91 Å². The summed E-state index contributed by atoms with van der Waals surface area (Å²) in [4.78, 5) is 33.3. The largest absolute Gasteiger partial charge is 0.332 e. The van der Waals surface area contributed by atoms with E-state index >= 15 is 0 Å². The van der Waals surface area contributed by atoms with E-state index in [1.807, 2.05) is 41.0 Å². The van der Waals surface area contributed by atoms with Gasteiger partial charge < -0.3 is 9.80 Å². The van der Waals surface area contributed by atoms with Crippen LogP contribution in [-0.4, -0.2) is 57.6 Å². The van der Waals surface area contributed by atoms with Crippen LogP contribution in [0.3, 0.4) is 0 Å². The molecule has 0 atom stereocenters. The van der Waals surface area contributed by atoms with Crippen molar-refractivity contribution in [2.45, 2.75) is 59.2 Å². The molecule has 2 aromatic carbocycles. The lowest BCUT2D eigenvalue weighted by Gasteiger charge is -2.28. The normalized spacial score (nSPS) is 15.1. The fourth-order valence-electron chi connectivity index (χ4n) is 5.00. The van der Waals surface area contributed by atoms with E-state index in [9.17, 15) is 9.59 Å². The lowest BCUT2D eigenvalue weighted by Crippen LogP contribution is -2.39. The topological polar surface area (TPSA) is 61.7 Å². The number of aromatic nitrogens is 2. The summed E-state index contributed by atoms with van der Waals surface area (Å²) in [6.07, 6.45) is 4.65. The third kappa shape index (κ3) is 7.03. The molecule has 4 rings (SSSR count). The smallest absolute Gasteiger partial charge is 0.272 e. The predicted octanol–water partition coefficient (Wildman–Crippen LogP) is 5.63. The van der Waals surface area contributed by atoms with Crippen molar-refractivity contribution in [1.29, 1.82) is 0 Å². The first-order chi connectivity index (χ1) is 18.5. The molecular formula is C30H38ClN5O2. The van der Waals surface area contributed by atoms with Crippen molar-refractivity contribution in [3.63, 3.8) is 0 Å². The minimum Gasteiger partial charge on any atom is -0.332 e. The Labute approximate surface area is 231 Å². The fraction of sp³-hybridized carbons (Fsp3) is 0.433. The molecule has 2 heterocycles. The molecule has 0 saturated carbocycles. The fourth-order valence-corrected chi connectivity index (χ4v) is 5.17. The number of halogens is 1. The number of carbonyl (C=O) groups excluding carboxylic acids is 2. The summed E-state index contributed by atoms with van der Waals surface area (Å²) in [5.41, 5.74) is 3.54. The standard InChI is InChI=1S/C30H38ClN5O2/c1-3-9-29(37)35-18-8-17-33(22-24-10-6-5-7-11-24)19-20-34(23-25-12-13-26(31)21-28(25)35)30(38)27-14-15-32-36(27)16-4-2/h5-7,10-15,21H,3-4,8-9,16-20,22-23H2,1-2H3. The van der Waals surface area contributed by atoms with Crippen LogP contribution in [0.5, 0.6) is 0 Å². The third-order valence-corrected chi connectivity index (χ3v) is 7.15. The van der Waals surface area contributed by atoms with E-state index in [0.29, 0.717) is 43.3 Å². The minimum absolute atomic E-state index is 0.0535. The van der Waals surface area contributed by atoms with Crippen LogP contribution >= 0.6 is 11.6 Å². The second-order valence-electron chi connectivity index (χ2n) is 9.85. The van der Waals surface area contributed by atoms with Crippen molar-refractivity contribution >= 4 is 29.1 Å². The Morgan fingerprint density at radius 1 is 0.947 bits per heavy atom. The molecule has 1 aromatic heterocycles. The molecule has 0 bridgehead atoms. The average Bonchev–Trinajstić information content (AvgIpc) is 3.37. The van der Waals surface area contributed by atoms with Crippen molar-refractivity contribution in [3.8, 4) is 0 Å². The van der Waals surface area contributed by atoms with Crippen molar-refractivity contribution in [3.05, 3.63) is 82.6 Å². The average molecular weight is 536 g/mol. The Kier molecular flexibility index (Phi) is 9.96. The second-order valence-corrected chi connectivity index (χ2v) is 10.3. The van der Waals surface area contributed by atoms with E-state index in [1.54, 1.807) is 16.9 Å². The van der Waals surface area contributed by atoms with Crippen LogP contribution in [0.25, 0.3) is 0 Å². The number of fused-ring (bicyclic) bond motifs is 1. The lowest BCUT2D eigenvalue weighted by atomic mass is 10.1. The van der Waals surface area contributed by atoms with Gasteiger partial charge in [-0.15, -0.1) is 0 Å². The van der Waals surface area contributed by atoms with Crippen molar-refractivity contribution in [2.24, 2.45) is 0 Å². The molecule has 0 saturated heterocycles. The quantitative estimate of drug-likeness (QED) is 0.393. The molecule has 1 aliphatic heterocycles. The van der Waals surface area contributed by atoms with Crippen LogP contribution in [0.15, 0.2) is 60.8 Å². The van der Waals surface area contributed by atoms with Gasteiger partial charge >= 0.3 is 0 Å². The zero-order valence-corrected chi connectivity index (χ0v) is 23.2. The lowest BCUT2D eigenvalue weighted by molar-refractivity contribution is -0.118. The van der Waals surface area contributed by atoms with Gasteiger partial charge in [0.2, 0.25) is 5.91 Å². The molecule has 38 heavy (non-hydrogen) atoms. The van der Waals surface area contributed by atoms with Gasteiger partial charge in [0.05, 0.1) is 5.69 Å². The van der Waals surface area contributed by atoms with Gasteiger partial charge in [-0.05, 0) is 48.6 Å². The molecule has 0 radical (unpaired) electrons. The monoisotopic (exact) mass is 535 g/mol. The number of anilines is 1. The third-order valence-electron chi connectivity index (χ3n) is 6.91. The van der Waals surface area contributed by atoms with E-state index in [4.69, 9.17) is 11.6 Å². The second kappa shape index (κ2) is 13.6. The first-order valence-electron chi connectivity index (χ1n) is 13.7. The van der Waals surface area contributed by atoms with Gasteiger partial charge in [-0.3, -0.25) is 19.2 Å². The highest BCUT2D eigenvalue weighted by Gasteiger charge is 2.26. The number of nitrogens with zero attached hydrogens (tertiary/aromatic N) is 5. The number of hydrogen-bond donors (Lipinski definition) is 0. The first-order valence-corrected chi connectivity index (χ1v) is 14.0. The van der Waals surface area contributed by atoms with Gasteiger partial charge in [0.15, 0.2) is 0 Å². The molecule has 2 amide bonds. The van der Waals surface area contributed by atoms with E-state index in [-0.39, 0.29) is 11.8 Å². The molecule has 202 valence electrons. The molecule has 0 fully saturated rings. The van der Waals surface area contributed by atoms with Crippen LogP contribution in [0.4, 0.5) is 5.69 Å². The van der Waals surface area contributed by atoms with Crippen LogP contribution in [-0.2, 0) is 24.4 Å². The highest BCUT2D eigenvalue weighted by atomic mass is 35.5. The molecule has 1 aliphatic rings. The number of hydrogen-bond acceptors (Lipinski definition) is 4. The maximum Gasteiger partial charge on any atom is 0.272 e.